The van der Waals surface area contributed by atoms with E-state index >= 15 is 0 Å². The molecule has 8 heteroatoms. The van der Waals surface area contributed by atoms with E-state index in [4.69, 9.17) is 11.6 Å². The van der Waals surface area contributed by atoms with Gasteiger partial charge in [-0.15, -0.1) is 0 Å². The number of nitrogens with zero attached hydrogens (tertiary/aromatic N) is 1. The van der Waals surface area contributed by atoms with Crippen LogP contribution in [-0.4, -0.2) is 20.0 Å². The Labute approximate surface area is 170 Å². The van der Waals surface area contributed by atoms with Crippen molar-refractivity contribution in [2.45, 2.75) is 37.5 Å². The van der Waals surface area contributed by atoms with Gasteiger partial charge in [-0.3, -0.25) is 9.52 Å². The summed E-state index contributed by atoms with van der Waals surface area (Å²) in [6.45, 7) is 2.21. The number of carbonyl (C=O) groups excluding carboxylic acids is 1. The number of rotatable bonds is 5. The lowest BCUT2D eigenvalue weighted by Gasteiger charge is -2.18. The lowest BCUT2D eigenvalue weighted by atomic mass is 9.90. The Morgan fingerprint density at radius 3 is 2.54 bits per heavy atom. The van der Waals surface area contributed by atoms with Crippen LogP contribution in [0.15, 0.2) is 58.5 Å². The molecule has 0 heterocycles. The average molecular weight is 420 g/mol. The first-order valence-electron chi connectivity index (χ1n) is 9.08. The van der Waals surface area contributed by atoms with Crippen LogP contribution in [0.5, 0.6) is 0 Å². The predicted molar refractivity (Wildman–Crippen MR) is 111 cm³/mol. The summed E-state index contributed by atoms with van der Waals surface area (Å²) in [5.74, 6) is 0.239. The molecule has 2 N–H and O–H groups in total. The molecule has 1 amide bonds. The highest BCUT2D eigenvalue weighted by atomic mass is 35.5. The number of amides is 1. The standard InChI is InChI=1S/C20H22ClN3O3S/c1-14-9-11-16(12-10-14)22-23-20(25)15-5-4-6-17(13-15)28(26,27)24-19-8-3-2-7-18(19)21/h2-8,13-14,24H,9-12H2,1H3,(H,23,25). The van der Waals surface area contributed by atoms with Gasteiger partial charge in [0.2, 0.25) is 0 Å². The Morgan fingerprint density at radius 1 is 1.11 bits per heavy atom. The number of halogens is 1. The molecule has 0 unspecified atom stereocenters. The van der Waals surface area contributed by atoms with Gasteiger partial charge in [-0.1, -0.05) is 36.7 Å². The number of anilines is 1. The summed E-state index contributed by atoms with van der Waals surface area (Å²) in [7, 11) is -3.88. The number of sulfonamides is 1. The fourth-order valence-electron chi connectivity index (χ4n) is 2.95. The van der Waals surface area contributed by atoms with Gasteiger partial charge < -0.3 is 0 Å². The Hall–Kier alpha value is -2.38. The SMILES string of the molecule is CC1CCC(=NNC(=O)c2cccc(S(=O)(=O)Nc3ccccc3Cl)c2)CC1. The largest absolute Gasteiger partial charge is 0.278 e. The molecule has 0 spiro atoms. The summed E-state index contributed by atoms with van der Waals surface area (Å²) in [6, 6.07) is 12.4. The number of hydrogen-bond acceptors (Lipinski definition) is 4. The zero-order valence-electron chi connectivity index (χ0n) is 15.5. The highest BCUT2D eigenvalue weighted by molar-refractivity contribution is 7.92. The van der Waals surface area contributed by atoms with Crippen LogP contribution in [0.2, 0.25) is 5.02 Å². The van der Waals surface area contributed by atoms with Crippen LogP contribution in [0.3, 0.4) is 0 Å². The molecule has 0 radical (unpaired) electrons. The van der Waals surface area contributed by atoms with Crippen molar-refractivity contribution in [3.8, 4) is 0 Å². The average Bonchev–Trinajstić information content (AvgIpc) is 2.69. The highest BCUT2D eigenvalue weighted by Gasteiger charge is 2.18. The fourth-order valence-corrected chi connectivity index (χ4v) is 4.32. The van der Waals surface area contributed by atoms with Crippen LogP contribution in [0.25, 0.3) is 0 Å². The van der Waals surface area contributed by atoms with E-state index in [2.05, 4.69) is 22.2 Å². The lowest BCUT2D eigenvalue weighted by Crippen LogP contribution is -2.22. The Kier molecular flexibility index (Phi) is 6.36. The molecule has 0 saturated heterocycles. The van der Waals surface area contributed by atoms with Gasteiger partial charge in [0.05, 0.1) is 15.6 Å². The molecule has 0 aromatic heterocycles. The van der Waals surface area contributed by atoms with Gasteiger partial charge in [0.25, 0.3) is 15.9 Å². The van der Waals surface area contributed by atoms with Crippen molar-refractivity contribution in [3.63, 3.8) is 0 Å². The number of benzene rings is 2. The van der Waals surface area contributed by atoms with Crippen molar-refractivity contribution >= 4 is 38.9 Å². The molecule has 0 bridgehead atoms. The summed E-state index contributed by atoms with van der Waals surface area (Å²) in [5.41, 5.74) is 3.99. The molecule has 1 fully saturated rings. The van der Waals surface area contributed by atoms with E-state index < -0.39 is 15.9 Å². The van der Waals surface area contributed by atoms with Crippen LogP contribution in [0.1, 0.15) is 43.0 Å². The lowest BCUT2D eigenvalue weighted by molar-refractivity contribution is 0.0954. The Balaban J connectivity index is 1.73. The quantitative estimate of drug-likeness (QED) is 0.702. The number of carbonyl (C=O) groups is 1. The van der Waals surface area contributed by atoms with Gasteiger partial charge in [-0.25, -0.2) is 13.8 Å². The molecule has 148 valence electrons. The maximum Gasteiger partial charge on any atom is 0.271 e. The molecule has 1 aliphatic rings. The van der Waals surface area contributed by atoms with Crippen molar-refractivity contribution in [1.82, 2.24) is 5.43 Å². The zero-order chi connectivity index (χ0) is 20.1. The van der Waals surface area contributed by atoms with E-state index in [9.17, 15) is 13.2 Å². The van der Waals surface area contributed by atoms with E-state index in [1.165, 1.54) is 18.2 Å². The molecule has 0 atom stereocenters. The molecule has 2 aromatic rings. The van der Waals surface area contributed by atoms with Crippen LogP contribution in [-0.2, 0) is 10.0 Å². The van der Waals surface area contributed by atoms with Crippen LogP contribution in [0.4, 0.5) is 5.69 Å². The third-order valence-corrected chi connectivity index (χ3v) is 6.38. The van der Waals surface area contributed by atoms with E-state index in [1.54, 1.807) is 30.3 Å². The number of para-hydroxylation sites is 1. The van der Waals surface area contributed by atoms with Crippen molar-refractivity contribution in [1.29, 1.82) is 0 Å². The van der Waals surface area contributed by atoms with Crippen molar-refractivity contribution in [2.24, 2.45) is 11.0 Å². The summed E-state index contributed by atoms with van der Waals surface area (Å²) in [5, 5.41) is 4.49. The zero-order valence-corrected chi connectivity index (χ0v) is 17.1. The maximum atomic E-state index is 12.6. The predicted octanol–water partition coefficient (Wildman–Crippen LogP) is 4.44. The Bertz CT molecular complexity index is 995. The second-order valence-electron chi connectivity index (χ2n) is 6.91. The highest BCUT2D eigenvalue weighted by Crippen LogP contribution is 2.24. The Morgan fingerprint density at radius 2 is 1.82 bits per heavy atom. The van der Waals surface area contributed by atoms with E-state index in [-0.39, 0.29) is 21.2 Å². The minimum Gasteiger partial charge on any atom is -0.278 e. The summed E-state index contributed by atoms with van der Waals surface area (Å²) >= 11 is 6.02. The second-order valence-corrected chi connectivity index (χ2v) is 9.00. The topological polar surface area (TPSA) is 87.6 Å². The minimum atomic E-state index is -3.88. The van der Waals surface area contributed by atoms with Crippen molar-refractivity contribution in [3.05, 3.63) is 59.1 Å². The van der Waals surface area contributed by atoms with E-state index in [0.29, 0.717) is 5.92 Å². The molecule has 3 rings (SSSR count). The summed E-state index contributed by atoms with van der Waals surface area (Å²) < 4.78 is 27.7. The van der Waals surface area contributed by atoms with Crippen molar-refractivity contribution in [2.75, 3.05) is 4.72 Å². The van der Waals surface area contributed by atoms with Crippen LogP contribution >= 0.6 is 11.6 Å². The molecule has 28 heavy (non-hydrogen) atoms. The van der Waals surface area contributed by atoms with Gasteiger partial charge >= 0.3 is 0 Å². The first-order valence-corrected chi connectivity index (χ1v) is 10.9. The third-order valence-electron chi connectivity index (χ3n) is 4.69. The minimum absolute atomic E-state index is 0.0285. The van der Waals surface area contributed by atoms with Gasteiger partial charge in [0.1, 0.15) is 0 Å². The van der Waals surface area contributed by atoms with Crippen LogP contribution in [0, 0.1) is 5.92 Å². The van der Waals surface area contributed by atoms with Gasteiger partial charge in [-0.05, 0) is 61.9 Å². The van der Waals surface area contributed by atoms with Gasteiger partial charge in [0.15, 0.2) is 0 Å². The first-order chi connectivity index (χ1) is 13.3. The monoisotopic (exact) mass is 419 g/mol. The molecular formula is C20H22ClN3O3S. The molecular weight excluding hydrogens is 398 g/mol. The second kappa shape index (κ2) is 8.75. The van der Waals surface area contributed by atoms with E-state index in [1.807, 2.05) is 0 Å². The number of hydrogen-bond donors (Lipinski definition) is 2. The molecule has 6 nitrogen and oxygen atoms in total. The third kappa shape index (κ3) is 5.11. The van der Waals surface area contributed by atoms with Gasteiger partial charge in [0, 0.05) is 11.3 Å². The molecule has 1 saturated carbocycles. The summed E-state index contributed by atoms with van der Waals surface area (Å²) in [4.78, 5) is 12.4. The van der Waals surface area contributed by atoms with Gasteiger partial charge in [-0.2, -0.15) is 5.10 Å². The fraction of sp³-hybridized carbons (Fsp3) is 0.300. The molecule has 2 aromatic carbocycles. The smallest absolute Gasteiger partial charge is 0.271 e. The normalized spacial score (nSPS) is 17.1. The number of nitrogens with one attached hydrogen (secondary N) is 2. The van der Waals surface area contributed by atoms with Crippen molar-refractivity contribution < 1.29 is 13.2 Å². The van der Waals surface area contributed by atoms with Crippen LogP contribution < -0.4 is 10.1 Å². The molecule has 0 aliphatic heterocycles. The number of hydrazone groups is 1. The first kappa shape index (κ1) is 20.4. The van der Waals surface area contributed by atoms with E-state index in [0.717, 1.165) is 31.4 Å². The maximum absolute atomic E-state index is 12.6. The molecule has 1 aliphatic carbocycles. The summed E-state index contributed by atoms with van der Waals surface area (Å²) in [6.07, 6.45) is 3.88.